The largest absolute Gasteiger partial charge is 0.465 e. The maximum Gasteiger partial charge on any atom is 0.338 e. The van der Waals surface area contributed by atoms with Gasteiger partial charge < -0.3 is 9.30 Å². The fourth-order valence-corrected chi connectivity index (χ4v) is 2.92. The monoisotopic (exact) mass is 293 g/mol. The highest BCUT2D eigenvalue weighted by Crippen LogP contribution is 2.25. The van der Waals surface area contributed by atoms with Crippen LogP contribution in [0.4, 0.5) is 0 Å². The fourth-order valence-electron chi connectivity index (χ4n) is 2.92. The van der Waals surface area contributed by atoms with Gasteiger partial charge in [-0.15, -0.1) is 0 Å². The predicted octanol–water partition coefficient (Wildman–Crippen LogP) is 4.09. The first-order valence-electron chi connectivity index (χ1n) is 7.33. The number of esters is 1. The zero-order valence-corrected chi connectivity index (χ0v) is 13.1. The summed E-state index contributed by atoms with van der Waals surface area (Å²) in [6.07, 6.45) is 2.07. The zero-order valence-electron chi connectivity index (χ0n) is 13.1. The van der Waals surface area contributed by atoms with Crippen LogP contribution in [0.2, 0.25) is 0 Å². The first-order chi connectivity index (χ1) is 10.6. The van der Waals surface area contributed by atoms with Gasteiger partial charge >= 0.3 is 5.97 Å². The predicted molar refractivity (Wildman–Crippen MR) is 88.3 cm³/mol. The molecule has 0 fully saturated rings. The minimum atomic E-state index is -0.289. The molecule has 112 valence electrons. The molecule has 3 nitrogen and oxygen atoms in total. The van der Waals surface area contributed by atoms with E-state index in [-0.39, 0.29) is 5.97 Å². The molecule has 0 amide bonds. The number of carbonyl (C=O) groups excluding carboxylic acids is 1. The number of methoxy groups -OCH3 is 1. The first kappa shape index (κ1) is 14.4. The summed E-state index contributed by atoms with van der Waals surface area (Å²) in [4.78, 5) is 11.9. The van der Waals surface area contributed by atoms with Crippen molar-refractivity contribution >= 4 is 16.9 Å². The second-order valence-electron chi connectivity index (χ2n) is 5.54. The van der Waals surface area contributed by atoms with Gasteiger partial charge in [-0.3, -0.25) is 0 Å². The van der Waals surface area contributed by atoms with E-state index in [0.717, 1.165) is 23.0 Å². The normalized spacial score (nSPS) is 10.9. The number of rotatable bonds is 3. The van der Waals surface area contributed by atoms with E-state index in [1.807, 2.05) is 25.1 Å². The summed E-state index contributed by atoms with van der Waals surface area (Å²) in [5.74, 6) is -0.289. The highest BCUT2D eigenvalue weighted by Gasteiger charge is 2.14. The van der Waals surface area contributed by atoms with Crippen LogP contribution in [0, 0.1) is 13.8 Å². The number of aryl methyl sites for hydroxylation is 2. The van der Waals surface area contributed by atoms with Gasteiger partial charge in [-0.25, -0.2) is 4.79 Å². The van der Waals surface area contributed by atoms with Crippen molar-refractivity contribution in [1.82, 2.24) is 4.57 Å². The third kappa shape index (κ3) is 2.39. The second kappa shape index (κ2) is 5.68. The quantitative estimate of drug-likeness (QED) is 0.681. The summed E-state index contributed by atoms with van der Waals surface area (Å²) in [5, 5.41) is 1.14. The molecule has 0 unspecified atom stereocenters. The van der Waals surface area contributed by atoms with Gasteiger partial charge in [-0.05, 0) is 48.1 Å². The molecule has 0 saturated heterocycles. The van der Waals surface area contributed by atoms with Crippen LogP contribution < -0.4 is 0 Å². The smallest absolute Gasteiger partial charge is 0.338 e. The molecular formula is C19H19NO2. The molecule has 3 heteroatoms. The SMILES string of the molecule is COC(=O)c1ccc2ccn(Cc3ccccc3C)c2c1C. The lowest BCUT2D eigenvalue weighted by molar-refractivity contribution is 0.0600. The van der Waals surface area contributed by atoms with E-state index in [9.17, 15) is 4.79 Å². The Morgan fingerprint density at radius 2 is 1.86 bits per heavy atom. The Labute approximate surface area is 130 Å². The van der Waals surface area contributed by atoms with E-state index >= 15 is 0 Å². The van der Waals surface area contributed by atoms with E-state index in [4.69, 9.17) is 4.74 Å². The topological polar surface area (TPSA) is 31.2 Å². The van der Waals surface area contributed by atoms with Gasteiger partial charge in [0.15, 0.2) is 0 Å². The molecule has 0 atom stereocenters. The van der Waals surface area contributed by atoms with Crippen LogP contribution in [0.1, 0.15) is 27.0 Å². The number of aromatic nitrogens is 1. The van der Waals surface area contributed by atoms with Crippen LogP contribution >= 0.6 is 0 Å². The van der Waals surface area contributed by atoms with Gasteiger partial charge in [0.1, 0.15) is 0 Å². The Balaban J connectivity index is 2.11. The fraction of sp³-hybridized carbons (Fsp3) is 0.211. The Hall–Kier alpha value is -2.55. The molecule has 0 aliphatic heterocycles. The highest BCUT2D eigenvalue weighted by molar-refractivity contribution is 5.97. The van der Waals surface area contributed by atoms with Crippen molar-refractivity contribution in [1.29, 1.82) is 0 Å². The van der Waals surface area contributed by atoms with Crippen molar-refractivity contribution in [3.63, 3.8) is 0 Å². The van der Waals surface area contributed by atoms with Crippen LogP contribution in [0.15, 0.2) is 48.7 Å². The van der Waals surface area contributed by atoms with Crippen LogP contribution in [-0.2, 0) is 11.3 Å². The van der Waals surface area contributed by atoms with Crippen LogP contribution in [-0.4, -0.2) is 17.6 Å². The molecule has 1 aromatic heterocycles. The minimum Gasteiger partial charge on any atom is -0.465 e. The van der Waals surface area contributed by atoms with Crippen LogP contribution in [0.5, 0.6) is 0 Å². The van der Waals surface area contributed by atoms with Crippen LogP contribution in [0.3, 0.4) is 0 Å². The van der Waals surface area contributed by atoms with E-state index in [2.05, 4.69) is 42.0 Å². The molecule has 0 bridgehead atoms. The van der Waals surface area contributed by atoms with Crippen molar-refractivity contribution in [2.45, 2.75) is 20.4 Å². The van der Waals surface area contributed by atoms with Gasteiger partial charge in [-0.1, -0.05) is 30.3 Å². The maximum atomic E-state index is 11.9. The summed E-state index contributed by atoms with van der Waals surface area (Å²) in [5.41, 5.74) is 5.22. The van der Waals surface area contributed by atoms with E-state index < -0.39 is 0 Å². The summed E-state index contributed by atoms with van der Waals surface area (Å²) in [7, 11) is 1.42. The average molecular weight is 293 g/mol. The van der Waals surface area contributed by atoms with Gasteiger partial charge in [0.05, 0.1) is 18.2 Å². The van der Waals surface area contributed by atoms with E-state index in [1.165, 1.54) is 18.2 Å². The molecule has 1 heterocycles. The number of benzene rings is 2. The van der Waals surface area contributed by atoms with Crippen molar-refractivity contribution in [3.8, 4) is 0 Å². The van der Waals surface area contributed by atoms with E-state index in [0.29, 0.717) is 5.56 Å². The number of carbonyl (C=O) groups is 1. The second-order valence-corrected chi connectivity index (χ2v) is 5.54. The van der Waals surface area contributed by atoms with Gasteiger partial charge in [0.2, 0.25) is 0 Å². The molecule has 0 radical (unpaired) electrons. The number of hydrogen-bond donors (Lipinski definition) is 0. The average Bonchev–Trinajstić information content (AvgIpc) is 2.93. The minimum absolute atomic E-state index is 0.289. The van der Waals surface area contributed by atoms with Crippen molar-refractivity contribution in [2.75, 3.05) is 7.11 Å². The third-order valence-corrected chi connectivity index (χ3v) is 4.19. The molecule has 3 aromatic rings. The maximum absolute atomic E-state index is 11.9. The number of nitrogens with zero attached hydrogens (tertiary/aromatic N) is 1. The lowest BCUT2D eigenvalue weighted by Gasteiger charge is -2.12. The third-order valence-electron chi connectivity index (χ3n) is 4.19. The molecular weight excluding hydrogens is 274 g/mol. The molecule has 22 heavy (non-hydrogen) atoms. The lowest BCUT2D eigenvalue weighted by Crippen LogP contribution is -2.06. The zero-order chi connectivity index (χ0) is 15.7. The number of ether oxygens (including phenoxy) is 1. The number of hydrogen-bond acceptors (Lipinski definition) is 2. The van der Waals surface area contributed by atoms with E-state index in [1.54, 1.807) is 0 Å². The molecule has 0 N–H and O–H groups in total. The Kier molecular flexibility index (Phi) is 3.72. The summed E-state index contributed by atoms with van der Waals surface area (Å²) >= 11 is 0. The molecule has 0 aliphatic rings. The summed E-state index contributed by atoms with van der Waals surface area (Å²) in [6.45, 7) is 4.89. The summed E-state index contributed by atoms with van der Waals surface area (Å²) < 4.78 is 7.07. The molecule has 0 saturated carbocycles. The molecule has 3 rings (SSSR count). The molecule has 0 spiro atoms. The van der Waals surface area contributed by atoms with Gasteiger partial charge in [0, 0.05) is 12.7 Å². The summed E-state index contributed by atoms with van der Waals surface area (Å²) in [6, 6.07) is 14.3. The number of fused-ring (bicyclic) bond motifs is 1. The van der Waals surface area contributed by atoms with Gasteiger partial charge in [0.25, 0.3) is 0 Å². The van der Waals surface area contributed by atoms with Gasteiger partial charge in [-0.2, -0.15) is 0 Å². The Bertz CT molecular complexity index is 846. The Morgan fingerprint density at radius 1 is 1.09 bits per heavy atom. The molecule has 0 aliphatic carbocycles. The van der Waals surface area contributed by atoms with Crippen molar-refractivity contribution in [2.24, 2.45) is 0 Å². The Morgan fingerprint density at radius 3 is 2.59 bits per heavy atom. The van der Waals surface area contributed by atoms with Crippen molar-refractivity contribution < 1.29 is 9.53 Å². The first-order valence-corrected chi connectivity index (χ1v) is 7.33. The van der Waals surface area contributed by atoms with Crippen LogP contribution in [0.25, 0.3) is 10.9 Å². The lowest BCUT2D eigenvalue weighted by atomic mass is 10.1. The molecule has 2 aromatic carbocycles. The standard InChI is InChI=1S/C19H19NO2/c1-13-6-4-5-7-16(13)12-20-11-10-15-8-9-17(19(21)22-3)14(2)18(15)20/h4-11H,12H2,1-3H3. The van der Waals surface area contributed by atoms with Crippen molar-refractivity contribution in [3.05, 3.63) is 70.9 Å². The highest BCUT2D eigenvalue weighted by atomic mass is 16.5.